The quantitative estimate of drug-likeness (QED) is 0.739. The topological polar surface area (TPSA) is 108 Å². The Labute approximate surface area is 127 Å². The van der Waals surface area contributed by atoms with Gasteiger partial charge in [0.05, 0.1) is 18.3 Å². The summed E-state index contributed by atoms with van der Waals surface area (Å²) in [4.78, 5) is 5.34. The van der Waals surface area contributed by atoms with E-state index in [1.807, 2.05) is 6.92 Å². The Balaban J connectivity index is 2.26. The lowest BCUT2D eigenvalue weighted by molar-refractivity contribution is 0.273. The second-order valence-electron chi connectivity index (χ2n) is 4.64. The average molecular weight is 330 g/mol. The van der Waals surface area contributed by atoms with Crippen LogP contribution in [0.3, 0.4) is 0 Å². The van der Waals surface area contributed by atoms with Crippen LogP contribution in [-0.4, -0.2) is 28.7 Å². The van der Waals surface area contributed by atoms with Crippen molar-refractivity contribution < 1.29 is 13.5 Å². The summed E-state index contributed by atoms with van der Waals surface area (Å²) in [6.45, 7) is 4.93. The Morgan fingerprint density at radius 2 is 2.24 bits per heavy atom. The Kier molecular flexibility index (Phi) is 4.77. The molecule has 0 amide bonds. The molecule has 3 N–H and O–H groups in total. The summed E-state index contributed by atoms with van der Waals surface area (Å²) >= 11 is 1.48. The summed E-state index contributed by atoms with van der Waals surface area (Å²) < 4.78 is 27.5. The van der Waals surface area contributed by atoms with Crippen molar-refractivity contribution in [1.29, 1.82) is 0 Å². The lowest BCUT2D eigenvalue weighted by Crippen LogP contribution is -2.28. The molecule has 0 aromatic carbocycles. The van der Waals surface area contributed by atoms with Gasteiger partial charge in [0.25, 0.3) is 0 Å². The highest BCUT2D eigenvalue weighted by Gasteiger charge is 2.26. The van der Waals surface area contributed by atoms with Crippen LogP contribution < -0.4 is 4.72 Å². The third-order valence-electron chi connectivity index (χ3n) is 3.00. The van der Waals surface area contributed by atoms with Crippen LogP contribution in [0.2, 0.25) is 0 Å². The zero-order valence-electron chi connectivity index (χ0n) is 12.0. The largest absolute Gasteiger partial charge is 0.390 e. The van der Waals surface area contributed by atoms with Crippen LogP contribution in [0.4, 0.5) is 0 Å². The van der Waals surface area contributed by atoms with Crippen molar-refractivity contribution in [3.8, 4) is 0 Å². The smallest absolute Gasteiger partial charge is 0.244 e. The van der Waals surface area contributed by atoms with Crippen molar-refractivity contribution in [3.05, 3.63) is 27.5 Å². The maximum Gasteiger partial charge on any atom is 0.244 e. The number of nitrogens with one attached hydrogen (secondary N) is 2. The summed E-state index contributed by atoms with van der Waals surface area (Å²) in [6.07, 6.45) is 2.62. The van der Waals surface area contributed by atoms with Gasteiger partial charge in [-0.2, -0.15) is 5.10 Å². The first kappa shape index (κ1) is 16.1. The third kappa shape index (κ3) is 3.31. The highest BCUT2D eigenvalue weighted by molar-refractivity contribution is 7.89. The molecule has 0 bridgehead atoms. The van der Waals surface area contributed by atoms with Crippen LogP contribution >= 0.6 is 11.3 Å². The average Bonchev–Trinajstić information content (AvgIpc) is 3.04. The maximum absolute atomic E-state index is 12.4. The van der Waals surface area contributed by atoms with E-state index < -0.39 is 22.7 Å². The number of aliphatic hydroxyl groups excluding tert-OH is 1. The zero-order valence-corrected chi connectivity index (χ0v) is 13.7. The van der Waals surface area contributed by atoms with Crippen molar-refractivity contribution >= 4 is 21.4 Å². The molecule has 2 aromatic heterocycles. The van der Waals surface area contributed by atoms with Crippen LogP contribution in [0.25, 0.3) is 0 Å². The number of thiazole rings is 1. The molecular weight excluding hydrogens is 312 g/mol. The van der Waals surface area contributed by atoms with E-state index in [4.69, 9.17) is 0 Å². The minimum atomic E-state index is -3.77. The van der Waals surface area contributed by atoms with E-state index in [0.29, 0.717) is 10.7 Å². The van der Waals surface area contributed by atoms with Gasteiger partial charge >= 0.3 is 0 Å². The van der Waals surface area contributed by atoms with Gasteiger partial charge in [-0.05, 0) is 20.3 Å². The Bertz CT molecular complexity index is 721. The number of aromatic amines is 1. The summed E-state index contributed by atoms with van der Waals surface area (Å²) in [5.41, 5.74) is 0.507. The lowest BCUT2D eigenvalue weighted by atomic mass is 10.4. The van der Waals surface area contributed by atoms with Crippen molar-refractivity contribution in [2.45, 2.75) is 44.7 Å². The van der Waals surface area contributed by atoms with Crippen molar-refractivity contribution in [3.63, 3.8) is 0 Å². The molecular formula is C12H18N4O3S2. The molecule has 0 spiro atoms. The number of H-pyrrole nitrogens is 1. The summed E-state index contributed by atoms with van der Waals surface area (Å²) in [5, 5.41) is 16.3. The molecule has 116 valence electrons. The number of hydrogen-bond donors (Lipinski definition) is 3. The van der Waals surface area contributed by atoms with Gasteiger partial charge in [-0.25, -0.2) is 18.1 Å². The minimum Gasteiger partial charge on any atom is -0.390 e. The van der Waals surface area contributed by atoms with Crippen LogP contribution in [0, 0.1) is 6.92 Å². The van der Waals surface area contributed by atoms with Gasteiger partial charge in [-0.1, -0.05) is 6.92 Å². The second-order valence-corrected chi connectivity index (χ2v) is 7.44. The van der Waals surface area contributed by atoms with Crippen LogP contribution in [-0.2, 0) is 23.1 Å². The number of hydrogen-bond acceptors (Lipinski definition) is 6. The highest BCUT2D eigenvalue weighted by atomic mass is 32.2. The molecule has 2 rings (SSSR count). The molecule has 0 saturated heterocycles. The Hall–Kier alpha value is -1.29. The molecule has 0 saturated carbocycles. The SMILES string of the molecule is CCc1cnc(C(C)NS(=O)(=O)c2c(CO)n[nH]c2C)s1. The molecule has 0 aliphatic carbocycles. The van der Waals surface area contributed by atoms with Gasteiger partial charge < -0.3 is 5.11 Å². The van der Waals surface area contributed by atoms with Gasteiger partial charge in [0.1, 0.15) is 15.6 Å². The van der Waals surface area contributed by atoms with E-state index in [2.05, 4.69) is 19.9 Å². The van der Waals surface area contributed by atoms with Crippen LogP contribution in [0.15, 0.2) is 11.1 Å². The number of aryl methyl sites for hydroxylation is 2. The standard InChI is InChI=1S/C12H18N4O3S2/c1-4-9-5-13-12(20-9)8(3)16-21(18,19)11-7(2)14-15-10(11)6-17/h5,8,16-17H,4,6H2,1-3H3,(H,14,15). The summed E-state index contributed by atoms with van der Waals surface area (Å²) in [5.74, 6) is 0. The zero-order chi connectivity index (χ0) is 15.6. The molecule has 9 heteroatoms. The predicted octanol–water partition coefficient (Wildman–Crippen LogP) is 1.27. The van der Waals surface area contributed by atoms with E-state index in [1.54, 1.807) is 20.0 Å². The van der Waals surface area contributed by atoms with Gasteiger partial charge in [-0.15, -0.1) is 11.3 Å². The van der Waals surface area contributed by atoms with Crippen LogP contribution in [0.1, 0.15) is 41.2 Å². The van der Waals surface area contributed by atoms with Crippen molar-refractivity contribution in [1.82, 2.24) is 19.9 Å². The fourth-order valence-electron chi connectivity index (χ4n) is 1.96. The molecule has 0 aliphatic rings. The first-order valence-corrected chi connectivity index (χ1v) is 8.80. The summed E-state index contributed by atoms with van der Waals surface area (Å²) in [6, 6.07) is -0.443. The summed E-state index contributed by atoms with van der Waals surface area (Å²) in [7, 11) is -3.77. The van der Waals surface area contributed by atoms with E-state index >= 15 is 0 Å². The molecule has 0 aliphatic heterocycles. The van der Waals surface area contributed by atoms with Gasteiger partial charge in [-0.3, -0.25) is 5.10 Å². The fourth-order valence-corrected chi connectivity index (χ4v) is 4.46. The van der Waals surface area contributed by atoms with E-state index in [9.17, 15) is 13.5 Å². The Morgan fingerprint density at radius 3 is 2.81 bits per heavy atom. The highest BCUT2D eigenvalue weighted by Crippen LogP contribution is 2.24. The normalized spacial score (nSPS) is 13.5. The van der Waals surface area contributed by atoms with E-state index in [-0.39, 0.29) is 10.6 Å². The number of nitrogens with zero attached hydrogens (tertiary/aromatic N) is 2. The first-order valence-electron chi connectivity index (χ1n) is 6.50. The van der Waals surface area contributed by atoms with E-state index in [0.717, 1.165) is 11.3 Å². The maximum atomic E-state index is 12.4. The Morgan fingerprint density at radius 1 is 1.52 bits per heavy atom. The first-order chi connectivity index (χ1) is 9.89. The molecule has 21 heavy (non-hydrogen) atoms. The van der Waals surface area contributed by atoms with Gasteiger partial charge in [0, 0.05) is 11.1 Å². The number of aliphatic hydroxyl groups is 1. The fraction of sp³-hybridized carbons (Fsp3) is 0.500. The second kappa shape index (κ2) is 6.22. The molecule has 2 heterocycles. The van der Waals surface area contributed by atoms with Gasteiger partial charge in [0.2, 0.25) is 10.0 Å². The molecule has 2 aromatic rings. The molecule has 0 fully saturated rings. The molecule has 0 radical (unpaired) electrons. The van der Waals surface area contributed by atoms with E-state index in [1.165, 1.54) is 11.3 Å². The molecule has 7 nitrogen and oxygen atoms in total. The van der Waals surface area contributed by atoms with Crippen molar-refractivity contribution in [2.75, 3.05) is 0 Å². The monoisotopic (exact) mass is 330 g/mol. The molecule has 1 unspecified atom stereocenters. The third-order valence-corrected chi connectivity index (χ3v) is 6.07. The number of aromatic nitrogens is 3. The molecule has 1 atom stereocenters. The predicted molar refractivity (Wildman–Crippen MR) is 79.5 cm³/mol. The number of sulfonamides is 1. The van der Waals surface area contributed by atoms with Crippen LogP contribution in [0.5, 0.6) is 0 Å². The lowest BCUT2D eigenvalue weighted by Gasteiger charge is -2.12. The van der Waals surface area contributed by atoms with Crippen molar-refractivity contribution in [2.24, 2.45) is 0 Å². The van der Waals surface area contributed by atoms with Gasteiger partial charge in [0.15, 0.2) is 0 Å². The minimum absolute atomic E-state index is 0.00382. The number of rotatable bonds is 6.